The minimum absolute atomic E-state index is 0.203. The molecule has 0 heterocycles. The fraction of sp³-hybridized carbons (Fsp3) is 0.143. The van der Waals surface area contributed by atoms with Gasteiger partial charge in [-0.05, 0) is 33.8 Å². The summed E-state index contributed by atoms with van der Waals surface area (Å²) in [5, 5.41) is 10.4. The van der Waals surface area contributed by atoms with E-state index in [4.69, 9.17) is 0 Å². The van der Waals surface area contributed by atoms with Gasteiger partial charge in [-0.1, -0.05) is 0 Å². The van der Waals surface area contributed by atoms with Crippen LogP contribution in [0.4, 0.5) is 23.2 Å². The number of benzene rings is 1. The average molecular weight is 320 g/mol. The number of thioether (sulfide) groups is 1. The maximum absolute atomic E-state index is 13.1. The van der Waals surface area contributed by atoms with Gasteiger partial charge in [-0.25, -0.2) is 4.39 Å². The number of hydrogen-bond donors (Lipinski definition) is 0. The van der Waals surface area contributed by atoms with E-state index in [-0.39, 0.29) is 4.47 Å². The van der Waals surface area contributed by atoms with Crippen LogP contribution in [-0.2, 0) is 0 Å². The zero-order valence-electron chi connectivity index (χ0n) is 7.22. The molecule has 0 atom stereocenters. The highest BCUT2D eigenvalue weighted by molar-refractivity contribution is 9.10. The van der Waals surface area contributed by atoms with Crippen LogP contribution in [0.1, 0.15) is 0 Å². The number of rotatable bonds is 2. The van der Waals surface area contributed by atoms with Gasteiger partial charge in [0.1, 0.15) is 5.82 Å². The minimum Gasteiger partial charge on any atom is -0.258 e. The van der Waals surface area contributed by atoms with Gasteiger partial charge in [-0.15, -0.1) is 0 Å². The van der Waals surface area contributed by atoms with Crippen LogP contribution in [0.2, 0.25) is 0 Å². The fourth-order valence-electron chi connectivity index (χ4n) is 0.861. The summed E-state index contributed by atoms with van der Waals surface area (Å²) in [5.74, 6) is -1.28. The van der Waals surface area contributed by atoms with Gasteiger partial charge >= 0.3 is 5.51 Å². The van der Waals surface area contributed by atoms with E-state index < -0.39 is 38.6 Å². The second kappa shape index (κ2) is 4.58. The molecule has 0 aliphatic rings. The lowest BCUT2D eigenvalue weighted by Crippen LogP contribution is -2.01. The normalized spacial score (nSPS) is 11.6. The van der Waals surface area contributed by atoms with Crippen molar-refractivity contribution in [3.05, 3.63) is 32.5 Å². The molecule has 0 aliphatic heterocycles. The first kappa shape index (κ1) is 13.2. The number of nitrogens with zero attached hydrogens (tertiary/aromatic N) is 1. The number of alkyl halides is 3. The SMILES string of the molecule is O=[N+]([O-])c1cc(F)c(SC(F)(F)F)cc1Br. The van der Waals surface area contributed by atoms with E-state index in [1.807, 2.05) is 0 Å². The fourth-order valence-corrected chi connectivity index (χ4v) is 2.08. The molecule has 0 radical (unpaired) electrons. The molecule has 0 amide bonds. The highest BCUT2D eigenvalue weighted by Gasteiger charge is 2.32. The molecule has 0 bridgehead atoms. The van der Waals surface area contributed by atoms with Crippen LogP contribution < -0.4 is 0 Å². The third-order valence-corrected chi connectivity index (χ3v) is 2.82. The lowest BCUT2D eigenvalue weighted by molar-refractivity contribution is -0.385. The molecule has 88 valence electrons. The van der Waals surface area contributed by atoms with Crippen LogP contribution >= 0.6 is 27.7 Å². The molecule has 0 spiro atoms. The largest absolute Gasteiger partial charge is 0.446 e. The summed E-state index contributed by atoms with van der Waals surface area (Å²) in [6.07, 6.45) is 0. The Morgan fingerprint density at radius 3 is 2.38 bits per heavy atom. The molecule has 3 nitrogen and oxygen atoms in total. The number of nitro benzene ring substituents is 1. The van der Waals surface area contributed by atoms with Crippen LogP contribution in [0.3, 0.4) is 0 Å². The number of nitro groups is 1. The molecule has 1 rings (SSSR count). The van der Waals surface area contributed by atoms with Gasteiger partial charge < -0.3 is 0 Å². The molecule has 16 heavy (non-hydrogen) atoms. The highest BCUT2D eigenvalue weighted by atomic mass is 79.9. The Labute approximate surface area is 99.1 Å². The molecule has 0 saturated carbocycles. The zero-order valence-corrected chi connectivity index (χ0v) is 9.62. The summed E-state index contributed by atoms with van der Waals surface area (Å²) < 4.78 is 48.7. The Balaban J connectivity index is 3.16. The average Bonchev–Trinajstić information content (AvgIpc) is 2.07. The van der Waals surface area contributed by atoms with Crippen LogP contribution in [-0.4, -0.2) is 10.4 Å². The Bertz CT molecular complexity index is 437. The summed E-state index contributed by atoms with van der Waals surface area (Å²) in [6, 6.07) is 1.17. The molecule has 1 aromatic carbocycles. The van der Waals surface area contributed by atoms with E-state index in [1.54, 1.807) is 0 Å². The third kappa shape index (κ3) is 3.34. The van der Waals surface area contributed by atoms with Crippen molar-refractivity contribution in [1.29, 1.82) is 0 Å². The predicted molar refractivity (Wildman–Crippen MR) is 52.7 cm³/mol. The lowest BCUT2D eigenvalue weighted by Gasteiger charge is -2.07. The van der Waals surface area contributed by atoms with E-state index >= 15 is 0 Å². The van der Waals surface area contributed by atoms with Gasteiger partial charge in [-0.3, -0.25) is 10.1 Å². The maximum Gasteiger partial charge on any atom is 0.446 e. The van der Waals surface area contributed by atoms with Gasteiger partial charge in [-0.2, -0.15) is 13.2 Å². The van der Waals surface area contributed by atoms with Crippen molar-refractivity contribution in [2.24, 2.45) is 0 Å². The van der Waals surface area contributed by atoms with Crippen molar-refractivity contribution in [2.45, 2.75) is 10.4 Å². The van der Waals surface area contributed by atoms with E-state index in [9.17, 15) is 27.7 Å². The van der Waals surface area contributed by atoms with E-state index in [1.165, 1.54) is 0 Å². The molecular formula is C7H2BrF4NO2S. The lowest BCUT2D eigenvalue weighted by atomic mass is 10.3. The van der Waals surface area contributed by atoms with Crippen molar-refractivity contribution in [3.63, 3.8) is 0 Å². The van der Waals surface area contributed by atoms with Gasteiger partial charge in [0.05, 0.1) is 20.4 Å². The molecule has 0 aliphatic carbocycles. The van der Waals surface area contributed by atoms with E-state index in [2.05, 4.69) is 15.9 Å². The van der Waals surface area contributed by atoms with Crippen LogP contribution in [0, 0.1) is 15.9 Å². The van der Waals surface area contributed by atoms with Crippen molar-refractivity contribution in [2.75, 3.05) is 0 Å². The summed E-state index contributed by atoms with van der Waals surface area (Å²) in [6.45, 7) is 0. The Kier molecular flexibility index (Phi) is 3.79. The molecule has 9 heteroatoms. The number of halogens is 5. The summed E-state index contributed by atoms with van der Waals surface area (Å²) in [5.41, 5.74) is -5.26. The van der Waals surface area contributed by atoms with Crippen LogP contribution in [0.5, 0.6) is 0 Å². The first-order chi connectivity index (χ1) is 7.20. The number of hydrogen-bond acceptors (Lipinski definition) is 3. The Morgan fingerprint density at radius 1 is 1.38 bits per heavy atom. The maximum atomic E-state index is 13.1. The van der Waals surface area contributed by atoms with Crippen molar-refractivity contribution >= 4 is 33.4 Å². The first-order valence-corrected chi connectivity index (χ1v) is 5.21. The molecule has 0 aromatic heterocycles. The zero-order chi connectivity index (χ0) is 12.5. The van der Waals surface area contributed by atoms with Crippen LogP contribution in [0.25, 0.3) is 0 Å². The quantitative estimate of drug-likeness (QED) is 0.356. The van der Waals surface area contributed by atoms with Gasteiger partial charge in [0.15, 0.2) is 0 Å². The minimum atomic E-state index is -4.64. The summed E-state index contributed by atoms with van der Waals surface area (Å²) in [4.78, 5) is 8.74. The molecular weight excluding hydrogens is 318 g/mol. The molecule has 1 aromatic rings. The Morgan fingerprint density at radius 2 is 1.94 bits per heavy atom. The van der Waals surface area contributed by atoms with Crippen LogP contribution in [0.15, 0.2) is 21.5 Å². The first-order valence-electron chi connectivity index (χ1n) is 3.60. The van der Waals surface area contributed by atoms with Gasteiger partial charge in [0, 0.05) is 0 Å². The molecule has 0 N–H and O–H groups in total. The summed E-state index contributed by atoms with van der Waals surface area (Å²) in [7, 11) is 0. The van der Waals surface area contributed by atoms with Gasteiger partial charge in [0.25, 0.3) is 5.69 Å². The van der Waals surface area contributed by atoms with Crippen molar-refractivity contribution in [3.8, 4) is 0 Å². The highest BCUT2D eigenvalue weighted by Crippen LogP contribution is 2.41. The third-order valence-electron chi connectivity index (χ3n) is 1.42. The standard InChI is InChI=1S/C7H2BrF4NO2S/c8-3-1-6(16-7(10,11)12)4(9)2-5(3)13(14)15/h1-2H. The molecule has 0 fully saturated rings. The second-order valence-electron chi connectivity index (χ2n) is 2.54. The molecule has 0 unspecified atom stereocenters. The van der Waals surface area contributed by atoms with E-state index in [0.29, 0.717) is 6.07 Å². The monoisotopic (exact) mass is 319 g/mol. The smallest absolute Gasteiger partial charge is 0.258 e. The summed E-state index contributed by atoms with van der Waals surface area (Å²) >= 11 is 2.03. The van der Waals surface area contributed by atoms with Crippen molar-refractivity contribution < 1.29 is 22.5 Å². The Hall–Kier alpha value is -0.830. The topological polar surface area (TPSA) is 43.1 Å². The molecule has 0 saturated heterocycles. The van der Waals surface area contributed by atoms with Gasteiger partial charge in [0.2, 0.25) is 0 Å². The predicted octanol–water partition coefficient (Wildman–Crippen LogP) is 4.11. The van der Waals surface area contributed by atoms with Crippen molar-refractivity contribution in [1.82, 2.24) is 0 Å². The van der Waals surface area contributed by atoms with E-state index in [0.717, 1.165) is 6.07 Å². The second-order valence-corrected chi connectivity index (χ2v) is 4.50.